The van der Waals surface area contributed by atoms with E-state index in [1.807, 2.05) is 0 Å². The predicted molar refractivity (Wildman–Crippen MR) is 52.8 cm³/mol. The lowest BCUT2D eigenvalue weighted by Crippen LogP contribution is -2.41. The van der Waals surface area contributed by atoms with Gasteiger partial charge in [0, 0.05) is 19.1 Å². The molecule has 6 nitrogen and oxygen atoms in total. The molecule has 2 atom stereocenters. The normalized spacial score (nSPS) is 25.2. The molecule has 0 amide bonds. The van der Waals surface area contributed by atoms with Gasteiger partial charge in [-0.05, 0) is 13.3 Å². The summed E-state index contributed by atoms with van der Waals surface area (Å²) in [4.78, 5) is 0. The Kier molecular flexibility index (Phi) is 3.85. The van der Waals surface area contributed by atoms with Gasteiger partial charge in [0.2, 0.25) is 10.9 Å². The van der Waals surface area contributed by atoms with Gasteiger partial charge in [0.1, 0.15) is 11.9 Å². The van der Waals surface area contributed by atoms with E-state index >= 15 is 0 Å². The molecule has 1 saturated heterocycles. The van der Waals surface area contributed by atoms with Gasteiger partial charge in [-0.3, -0.25) is 5.41 Å². The Morgan fingerprint density at radius 1 is 1.71 bits per heavy atom. The maximum Gasteiger partial charge on any atom is 0.203 e. The van der Waals surface area contributed by atoms with Crippen LogP contribution < -0.4 is 5.32 Å². The van der Waals surface area contributed by atoms with Crippen LogP contribution in [0.3, 0.4) is 0 Å². The Morgan fingerprint density at radius 3 is 2.79 bits per heavy atom. The van der Waals surface area contributed by atoms with E-state index in [-0.39, 0.29) is 11.9 Å². The number of amidine groups is 1. The smallest absolute Gasteiger partial charge is 0.203 e. The van der Waals surface area contributed by atoms with E-state index in [0.29, 0.717) is 19.5 Å². The molecular weight excluding hydrogens is 206 g/mol. The zero-order chi connectivity index (χ0) is 10.7. The van der Waals surface area contributed by atoms with Crippen molar-refractivity contribution in [1.29, 1.82) is 5.41 Å². The molecule has 1 aliphatic heterocycles. The van der Waals surface area contributed by atoms with Gasteiger partial charge in [0.15, 0.2) is 0 Å². The van der Waals surface area contributed by atoms with Crippen LogP contribution in [-0.4, -0.2) is 48.9 Å². The van der Waals surface area contributed by atoms with E-state index in [4.69, 9.17) is 10.5 Å². The zero-order valence-corrected chi connectivity index (χ0v) is 8.83. The van der Waals surface area contributed by atoms with Crippen LogP contribution in [0.5, 0.6) is 0 Å². The molecule has 1 rings (SSSR count). The number of aliphatic hydroxyl groups is 1. The van der Waals surface area contributed by atoms with Crippen molar-refractivity contribution in [2.75, 3.05) is 13.1 Å². The summed E-state index contributed by atoms with van der Waals surface area (Å²) in [5, 5.41) is 19.2. The van der Waals surface area contributed by atoms with Crippen LogP contribution in [0.25, 0.3) is 0 Å². The Morgan fingerprint density at radius 2 is 2.36 bits per heavy atom. The topological polar surface area (TPSA) is 93.5 Å². The first kappa shape index (κ1) is 11.4. The molecule has 3 N–H and O–H groups in total. The van der Waals surface area contributed by atoms with Crippen LogP contribution in [0.2, 0.25) is 0 Å². The predicted octanol–water partition coefficient (Wildman–Crippen LogP) is -1.47. The number of hydrogen-bond donors (Lipinski definition) is 4. The average Bonchev–Trinajstić information content (AvgIpc) is 2.52. The SMILES string of the molecule is C[C@@H](O)C(=N)N[C@H]1CCN([SH](=O)=O)C1. The number of rotatable bonds is 3. The summed E-state index contributed by atoms with van der Waals surface area (Å²) >= 11 is 0. The molecule has 82 valence electrons. The van der Waals surface area contributed by atoms with E-state index in [9.17, 15) is 8.42 Å². The highest BCUT2D eigenvalue weighted by molar-refractivity contribution is 7.69. The third-order valence-corrected chi connectivity index (χ3v) is 3.00. The number of nitrogens with one attached hydrogen (secondary N) is 2. The van der Waals surface area contributed by atoms with Gasteiger partial charge in [0.25, 0.3) is 0 Å². The first-order valence-electron chi connectivity index (χ1n) is 4.43. The van der Waals surface area contributed by atoms with Gasteiger partial charge in [-0.15, -0.1) is 0 Å². The maximum absolute atomic E-state index is 10.6. The molecule has 0 aliphatic carbocycles. The maximum atomic E-state index is 10.6. The molecule has 0 aromatic carbocycles. The molecule has 0 unspecified atom stereocenters. The molecule has 7 heteroatoms. The van der Waals surface area contributed by atoms with Crippen molar-refractivity contribution in [3.8, 4) is 0 Å². The van der Waals surface area contributed by atoms with Crippen LogP contribution in [0.15, 0.2) is 0 Å². The van der Waals surface area contributed by atoms with Crippen LogP contribution in [0.4, 0.5) is 0 Å². The first-order valence-corrected chi connectivity index (χ1v) is 5.56. The fraction of sp³-hybridized carbons (Fsp3) is 0.857. The lowest BCUT2D eigenvalue weighted by molar-refractivity contribution is 0.255. The van der Waals surface area contributed by atoms with Crippen LogP contribution in [-0.2, 0) is 10.9 Å². The Balaban J connectivity index is 2.40. The van der Waals surface area contributed by atoms with E-state index in [1.165, 1.54) is 11.2 Å². The van der Waals surface area contributed by atoms with E-state index in [2.05, 4.69) is 5.32 Å². The fourth-order valence-electron chi connectivity index (χ4n) is 1.35. The third-order valence-electron chi connectivity index (χ3n) is 2.18. The van der Waals surface area contributed by atoms with Crippen molar-refractivity contribution in [3.63, 3.8) is 0 Å². The molecule has 1 fully saturated rings. The molecule has 1 aliphatic rings. The minimum atomic E-state index is -2.51. The lowest BCUT2D eigenvalue weighted by Gasteiger charge is -2.15. The number of aliphatic hydroxyl groups excluding tert-OH is 1. The second-order valence-corrected chi connectivity index (χ2v) is 4.41. The standard InChI is InChI=1S/C7H15N3O3S/c1-5(11)7(8)9-6-2-3-10(4-6)14(12)13/h5-6,11,14H,2-4H2,1H3,(H2,8,9)/t5-,6+/m1/s1. The first-order chi connectivity index (χ1) is 6.50. The highest BCUT2D eigenvalue weighted by Gasteiger charge is 2.24. The van der Waals surface area contributed by atoms with Crippen LogP contribution >= 0.6 is 0 Å². The summed E-state index contributed by atoms with van der Waals surface area (Å²) in [6.45, 7) is 2.37. The number of nitrogens with zero attached hydrogens (tertiary/aromatic N) is 1. The molecule has 0 radical (unpaired) electrons. The van der Waals surface area contributed by atoms with Gasteiger partial charge in [-0.25, -0.2) is 12.7 Å². The van der Waals surface area contributed by atoms with Crippen LogP contribution in [0.1, 0.15) is 13.3 Å². The van der Waals surface area contributed by atoms with Gasteiger partial charge < -0.3 is 10.4 Å². The third kappa shape index (κ3) is 2.93. The molecule has 0 bridgehead atoms. The van der Waals surface area contributed by atoms with E-state index in [0.717, 1.165) is 0 Å². The zero-order valence-electron chi connectivity index (χ0n) is 7.93. The lowest BCUT2D eigenvalue weighted by atomic mass is 10.2. The van der Waals surface area contributed by atoms with E-state index < -0.39 is 17.0 Å². The van der Waals surface area contributed by atoms with Gasteiger partial charge in [0.05, 0.1) is 0 Å². The molecule has 0 saturated carbocycles. The summed E-state index contributed by atoms with van der Waals surface area (Å²) < 4.78 is 22.5. The molecule has 0 aromatic rings. The Labute approximate surface area is 84.5 Å². The van der Waals surface area contributed by atoms with Gasteiger partial charge >= 0.3 is 0 Å². The highest BCUT2D eigenvalue weighted by atomic mass is 32.2. The van der Waals surface area contributed by atoms with Crippen molar-refractivity contribution in [2.45, 2.75) is 25.5 Å². The fourth-order valence-corrected chi connectivity index (χ4v) is 1.96. The Bertz CT molecular complexity index is 282. The molecular formula is C7H15N3O3S. The van der Waals surface area contributed by atoms with Crippen molar-refractivity contribution < 1.29 is 13.5 Å². The second-order valence-electron chi connectivity index (χ2n) is 3.37. The minimum absolute atomic E-state index is 0.0398. The van der Waals surface area contributed by atoms with Crippen molar-refractivity contribution in [3.05, 3.63) is 0 Å². The Hall–Kier alpha value is -0.660. The van der Waals surface area contributed by atoms with E-state index in [1.54, 1.807) is 0 Å². The summed E-state index contributed by atoms with van der Waals surface area (Å²) in [7, 11) is -2.51. The van der Waals surface area contributed by atoms with Crippen LogP contribution in [0, 0.1) is 5.41 Å². The molecule has 14 heavy (non-hydrogen) atoms. The van der Waals surface area contributed by atoms with Gasteiger partial charge in [-0.2, -0.15) is 0 Å². The van der Waals surface area contributed by atoms with Crippen molar-refractivity contribution in [1.82, 2.24) is 9.62 Å². The average molecular weight is 221 g/mol. The molecule has 0 spiro atoms. The minimum Gasteiger partial charge on any atom is -0.386 e. The second kappa shape index (κ2) is 4.72. The largest absolute Gasteiger partial charge is 0.386 e. The molecule has 0 aromatic heterocycles. The molecule has 1 heterocycles. The summed E-state index contributed by atoms with van der Waals surface area (Å²) in [6, 6.07) is -0.0509. The van der Waals surface area contributed by atoms with Crippen molar-refractivity contribution in [2.24, 2.45) is 0 Å². The summed E-state index contributed by atoms with van der Waals surface area (Å²) in [5.41, 5.74) is 0. The number of thiol groups is 1. The summed E-state index contributed by atoms with van der Waals surface area (Å²) in [6.07, 6.45) is -0.150. The summed E-state index contributed by atoms with van der Waals surface area (Å²) in [5.74, 6) is 0.0398. The monoisotopic (exact) mass is 221 g/mol. The quantitative estimate of drug-likeness (QED) is 0.266. The number of hydrogen-bond acceptors (Lipinski definition) is 4. The van der Waals surface area contributed by atoms with Crippen molar-refractivity contribution >= 4 is 16.7 Å². The van der Waals surface area contributed by atoms with Gasteiger partial charge in [-0.1, -0.05) is 0 Å². The highest BCUT2D eigenvalue weighted by Crippen LogP contribution is 2.08.